The number of benzene rings is 4. The minimum absolute atomic E-state index is 0.872. The highest BCUT2D eigenvalue weighted by Gasteiger charge is 2.19. The van der Waals surface area contributed by atoms with Crippen LogP contribution in [0.25, 0.3) is 60.3 Å². The van der Waals surface area contributed by atoms with Crippen LogP contribution in [0.3, 0.4) is 0 Å². The maximum absolute atomic E-state index is 6.23. The first-order valence-electron chi connectivity index (χ1n) is 10.1. The predicted molar refractivity (Wildman–Crippen MR) is 123 cm³/mol. The van der Waals surface area contributed by atoms with E-state index in [-0.39, 0.29) is 0 Å². The highest BCUT2D eigenvalue weighted by Crippen LogP contribution is 2.40. The van der Waals surface area contributed by atoms with E-state index in [9.17, 15) is 0 Å². The number of hydrogen-bond acceptors (Lipinski definition) is 2. The summed E-state index contributed by atoms with van der Waals surface area (Å²) in [5.41, 5.74) is 6.11. The van der Waals surface area contributed by atoms with Crippen LogP contribution in [0.2, 0.25) is 0 Å². The minimum atomic E-state index is 0.872. The van der Waals surface area contributed by atoms with Gasteiger partial charge < -0.3 is 8.98 Å². The average molecular weight is 384 g/mol. The summed E-state index contributed by atoms with van der Waals surface area (Å²) < 4.78 is 8.59. The lowest BCUT2D eigenvalue weighted by atomic mass is 10.0. The molecule has 3 heteroatoms. The van der Waals surface area contributed by atoms with E-state index in [0.717, 1.165) is 49.6 Å². The largest absolute Gasteiger partial charge is 0.456 e. The van der Waals surface area contributed by atoms with Crippen LogP contribution in [0.5, 0.6) is 0 Å². The molecule has 30 heavy (non-hydrogen) atoms. The quantitative estimate of drug-likeness (QED) is 0.299. The molecular weight excluding hydrogens is 368 g/mol. The summed E-state index contributed by atoms with van der Waals surface area (Å²) in [5.74, 6) is 0. The summed E-state index contributed by atoms with van der Waals surface area (Å²) in [4.78, 5) is 4.84. The monoisotopic (exact) mass is 384 g/mol. The van der Waals surface area contributed by atoms with Gasteiger partial charge in [0.05, 0.1) is 27.3 Å². The highest BCUT2D eigenvalue weighted by molar-refractivity contribution is 6.27. The number of para-hydroxylation sites is 1. The molecule has 0 saturated heterocycles. The lowest BCUT2D eigenvalue weighted by molar-refractivity contribution is 0.669. The minimum Gasteiger partial charge on any atom is -0.456 e. The van der Waals surface area contributed by atoms with E-state index >= 15 is 0 Å². The number of furan rings is 1. The molecule has 7 rings (SSSR count). The zero-order chi connectivity index (χ0) is 19.7. The highest BCUT2D eigenvalue weighted by atomic mass is 16.3. The number of hydrogen-bond donors (Lipinski definition) is 0. The lowest BCUT2D eigenvalue weighted by Gasteiger charge is -2.14. The molecule has 0 amide bonds. The SMILES string of the molecule is c1ccc(-n2c3cccc4oc5ccnc(c6ccc7ccccc7c62)c5c43)cc1. The number of fused-ring (bicyclic) bond motifs is 4. The first-order valence-corrected chi connectivity index (χ1v) is 10.1. The number of pyridine rings is 1. The van der Waals surface area contributed by atoms with Gasteiger partial charge in [-0.2, -0.15) is 0 Å². The Labute approximate surface area is 171 Å². The molecule has 3 nitrogen and oxygen atoms in total. The third-order valence-corrected chi connectivity index (χ3v) is 6.02. The van der Waals surface area contributed by atoms with E-state index in [0.29, 0.717) is 0 Å². The smallest absolute Gasteiger partial charge is 0.139 e. The van der Waals surface area contributed by atoms with Crippen LogP contribution < -0.4 is 0 Å². The van der Waals surface area contributed by atoms with Gasteiger partial charge in [0.25, 0.3) is 0 Å². The van der Waals surface area contributed by atoms with Crippen molar-refractivity contribution in [1.82, 2.24) is 9.55 Å². The van der Waals surface area contributed by atoms with Crippen LogP contribution >= 0.6 is 0 Å². The van der Waals surface area contributed by atoms with E-state index in [4.69, 9.17) is 9.40 Å². The Hall–Kier alpha value is -4.11. The zero-order valence-corrected chi connectivity index (χ0v) is 16.0. The molecular formula is C27H16N2O. The molecule has 0 fully saturated rings. The van der Waals surface area contributed by atoms with Crippen molar-refractivity contribution < 1.29 is 4.42 Å². The van der Waals surface area contributed by atoms with Gasteiger partial charge in [-0.3, -0.25) is 4.98 Å². The first-order chi connectivity index (χ1) is 14.9. The molecule has 0 bridgehead atoms. The van der Waals surface area contributed by atoms with Gasteiger partial charge in [-0.1, -0.05) is 60.7 Å². The first kappa shape index (κ1) is 15.8. The second-order valence-electron chi connectivity index (χ2n) is 7.64. The van der Waals surface area contributed by atoms with Crippen LogP contribution in [-0.4, -0.2) is 9.55 Å². The van der Waals surface area contributed by atoms with Crippen molar-refractivity contribution in [1.29, 1.82) is 0 Å². The van der Waals surface area contributed by atoms with Crippen LogP contribution in [0, 0.1) is 0 Å². The van der Waals surface area contributed by atoms with Gasteiger partial charge in [-0.25, -0.2) is 0 Å². The molecule has 0 atom stereocenters. The Morgan fingerprint density at radius 1 is 0.633 bits per heavy atom. The Bertz CT molecular complexity index is 1740. The van der Waals surface area contributed by atoms with Crippen molar-refractivity contribution >= 4 is 54.6 Å². The molecule has 4 aromatic carbocycles. The van der Waals surface area contributed by atoms with E-state index in [1.165, 1.54) is 10.8 Å². The van der Waals surface area contributed by atoms with Crippen molar-refractivity contribution in [3.63, 3.8) is 0 Å². The van der Waals surface area contributed by atoms with Gasteiger partial charge in [-0.05, 0) is 35.7 Å². The summed E-state index contributed by atoms with van der Waals surface area (Å²) >= 11 is 0. The topological polar surface area (TPSA) is 31.0 Å². The molecule has 0 spiro atoms. The van der Waals surface area contributed by atoms with Crippen molar-refractivity contribution in [2.45, 2.75) is 0 Å². The third kappa shape index (κ3) is 1.96. The molecule has 0 aliphatic heterocycles. The molecule has 0 N–H and O–H groups in total. The van der Waals surface area contributed by atoms with Gasteiger partial charge >= 0.3 is 0 Å². The Morgan fingerprint density at radius 3 is 2.40 bits per heavy atom. The van der Waals surface area contributed by atoms with Crippen molar-refractivity contribution in [3.8, 4) is 5.69 Å². The van der Waals surface area contributed by atoms with Crippen LogP contribution in [-0.2, 0) is 0 Å². The van der Waals surface area contributed by atoms with Crippen molar-refractivity contribution in [3.05, 3.63) is 97.2 Å². The summed E-state index contributed by atoms with van der Waals surface area (Å²) in [5, 5.41) is 5.72. The molecule has 0 saturated carbocycles. The second kappa shape index (κ2) is 5.71. The second-order valence-corrected chi connectivity index (χ2v) is 7.64. The Kier molecular flexibility index (Phi) is 3.00. The summed E-state index contributed by atoms with van der Waals surface area (Å²) in [6.45, 7) is 0. The molecule has 140 valence electrons. The summed E-state index contributed by atoms with van der Waals surface area (Å²) in [6.07, 6.45) is 1.84. The van der Waals surface area contributed by atoms with Gasteiger partial charge in [0.15, 0.2) is 0 Å². The Morgan fingerprint density at radius 2 is 1.47 bits per heavy atom. The van der Waals surface area contributed by atoms with Gasteiger partial charge in [0.2, 0.25) is 0 Å². The molecule has 0 aliphatic rings. The van der Waals surface area contributed by atoms with E-state index < -0.39 is 0 Å². The number of rotatable bonds is 1. The van der Waals surface area contributed by atoms with Gasteiger partial charge in [0.1, 0.15) is 11.2 Å². The normalized spacial score (nSPS) is 12.0. The van der Waals surface area contributed by atoms with Crippen molar-refractivity contribution in [2.75, 3.05) is 0 Å². The van der Waals surface area contributed by atoms with Gasteiger partial charge in [-0.15, -0.1) is 0 Å². The maximum Gasteiger partial charge on any atom is 0.139 e. The van der Waals surface area contributed by atoms with E-state index in [2.05, 4.69) is 83.4 Å². The fourth-order valence-electron chi connectivity index (χ4n) is 4.79. The Balaban J connectivity index is 1.94. The van der Waals surface area contributed by atoms with E-state index in [1.54, 1.807) is 0 Å². The van der Waals surface area contributed by atoms with Crippen LogP contribution in [0.1, 0.15) is 0 Å². The molecule has 7 aromatic rings. The number of aromatic nitrogens is 2. The average Bonchev–Trinajstić information content (AvgIpc) is 3.13. The third-order valence-electron chi connectivity index (χ3n) is 6.02. The number of nitrogens with zero attached hydrogens (tertiary/aromatic N) is 2. The van der Waals surface area contributed by atoms with Crippen molar-refractivity contribution in [2.24, 2.45) is 0 Å². The molecule has 0 radical (unpaired) electrons. The molecule has 3 heterocycles. The van der Waals surface area contributed by atoms with Crippen LogP contribution in [0.15, 0.2) is 102 Å². The standard InChI is InChI=1S/C27H16N2O/c1-2-8-18(9-3-1)29-21-11-6-12-22-24(21)25-23(30-22)15-16-28-26(25)20-14-13-17-7-4-5-10-19(17)27(20)29/h1-16H. The van der Waals surface area contributed by atoms with E-state index in [1.807, 2.05) is 18.3 Å². The fourth-order valence-corrected chi connectivity index (χ4v) is 4.79. The molecule has 3 aromatic heterocycles. The summed E-state index contributed by atoms with van der Waals surface area (Å²) in [6, 6.07) is 31.7. The van der Waals surface area contributed by atoms with Crippen LogP contribution in [0.4, 0.5) is 0 Å². The lowest BCUT2D eigenvalue weighted by Crippen LogP contribution is -1.97. The predicted octanol–water partition coefficient (Wildman–Crippen LogP) is 7.23. The molecule has 0 unspecified atom stereocenters. The maximum atomic E-state index is 6.23. The van der Waals surface area contributed by atoms with Gasteiger partial charge in [0, 0.05) is 22.7 Å². The summed E-state index contributed by atoms with van der Waals surface area (Å²) in [7, 11) is 0. The zero-order valence-electron chi connectivity index (χ0n) is 16.0. The fraction of sp³-hybridized carbons (Fsp3) is 0. The molecule has 0 aliphatic carbocycles.